The predicted molar refractivity (Wildman–Crippen MR) is 105 cm³/mol. The predicted octanol–water partition coefficient (Wildman–Crippen LogP) is 4.16. The molecule has 0 radical (unpaired) electrons. The summed E-state index contributed by atoms with van der Waals surface area (Å²) in [6.07, 6.45) is 0.448. The van der Waals surface area contributed by atoms with E-state index in [1.165, 1.54) is 4.88 Å². The Balaban J connectivity index is 1.59. The standard InChI is InChI=1S/C19H23NO3S2/c1-2-23-16-7-5-15(6-8-16)18(21)9-10-19(22)20-11-13-24-14-17-4-3-12-25-17/h3-8,12H,2,9-11,13-14H2,1H3,(H,20,22). The topological polar surface area (TPSA) is 55.4 Å². The molecule has 0 saturated heterocycles. The maximum absolute atomic E-state index is 12.1. The van der Waals surface area contributed by atoms with E-state index in [0.29, 0.717) is 18.7 Å². The molecule has 6 heteroatoms. The third-order valence-corrected chi connectivity index (χ3v) is 5.53. The van der Waals surface area contributed by atoms with Crippen LogP contribution >= 0.6 is 23.1 Å². The van der Waals surface area contributed by atoms with Gasteiger partial charge in [-0.2, -0.15) is 11.8 Å². The quantitative estimate of drug-likeness (QED) is 0.472. The van der Waals surface area contributed by atoms with Gasteiger partial charge in [0.25, 0.3) is 0 Å². The largest absolute Gasteiger partial charge is 0.494 e. The number of hydrogen-bond donors (Lipinski definition) is 1. The van der Waals surface area contributed by atoms with Crippen LogP contribution in [0.3, 0.4) is 0 Å². The average Bonchev–Trinajstić information content (AvgIpc) is 3.14. The van der Waals surface area contributed by atoms with E-state index in [-0.39, 0.29) is 24.5 Å². The summed E-state index contributed by atoms with van der Waals surface area (Å²) in [5.41, 5.74) is 0.614. The van der Waals surface area contributed by atoms with E-state index in [1.807, 2.05) is 13.0 Å². The Morgan fingerprint density at radius 3 is 2.64 bits per heavy atom. The number of benzene rings is 1. The molecule has 1 aromatic carbocycles. The minimum absolute atomic E-state index is 0.0229. The lowest BCUT2D eigenvalue weighted by molar-refractivity contribution is -0.120. The van der Waals surface area contributed by atoms with Crippen LogP contribution in [0.5, 0.6) is 5.75 Å². The van der Waals surface area contributed by atoms with Crippen molar-refractivity contribution in [3.63, 3.8) is 0 Å². The van der Waals surface area contributed by atoms with Crippen molar-refractivity contribution in [3.05, 3.63) is 52.2 Å². The molecule has 0 aliphatic heterocycles. The molecule has 0 unspecified atom stereocenters. The lowest BCUT2D eigenvalue weighted by Gasteiger charge is -2.06. The van der Waals surface area contributed by atoms with Gasteiger partial charge in [0.1, 0.15) is 5.75 Å². The van der Waals surface area contributed by atoms with Crippen LogP contribution in [0.4, 0.5) is 0 Å². The molecule has 0 bridgehead atoms. The van der Waals surface area contributed by atoms with E-state index in [2.05, 4.69) is 16.8 Å². The average molecular weight is 378 g/mol. The number of carbonyl (C=O) groups is 2. The van der Waals surface area contributed by atoms with Gasteiger partial charge < -0.3 is 10.1 Å². The fraction of sp³-hybridized carbons (Fsp3) is 0.368. The maximum Gasteiger partial charge on any atom is 0.220 e. The van der Waals surface area contributed by atoms with E-state index in [0.717, 1.165) is 17.3 Å². The molecular formula is C19H23NO3S2. The smallest absolute Gasteiger partial charge is 0.220 e. The Bertz CT molecular complexity index is 654. The van der Waals surface area contributed by atoms with Crippen LogP contribution in [0.15, 0.2) is 41.8 Å². The summed E-state index contributed by atoms with van der Waals surface area (Å²) in [5.74, 6) is 2.50. The minimum atomic E-state index is -0.0731. The highest BCUT2D eigenvalue weighted by Gasteiger charge is 2.09. The van der Waals surface area contributed by atoms with Gasteiger partial charge in [-0.15, -0.1) is 11.3 Å². The Morgan fingerprint density at radius 2 is 1.96 bits per heavy atom. The van der Waals surface area contributed by atoms with E-state index in [1.54, 1.807) is 47.4 Å². The van der Waals surface area contributed by atoms with Crippen LogP contribution < -0.4 is 10.1 Å². The Morgan fingerprint density at radius 1 is 1.16 bits per heavy atom. The van der Waals surface area contributed by atoms with E-state index >= 15 is 0 Å². The number of rotatable bonds is 11. The van der Waals surface area contributed by atoms with Gasteiger partial charge in [-0.1, -0.05) is 6.07 Å². The molecule has 2 aromatic rings. The summed E-state index contributed by atoms with van der Waals surface area (Å²) in [4.78, 5) is 25.3. The van der Waals surface area contributed by atoms with Gasteiger partial charge in [0, 0.05) is 41.3 Å². The number of nitrogens with one attached hydrogen (secondary N) is 1. The monoisotopic (exact) mass is 377 g/mol. The highest BCUT2D eigenvalue weighted by Crippen LogP contribution is 2.16. The number of amides is 1. The second-order valence-electron chi connectivity index (χ2n) is 5.36. The van der Waals surface area contributed by atoms with Crippen molar-refractivity contribution in [2.45, 2.75) is 25.5 Å². The molecule has 0 saturated carbocycles. The summed E-state index contributed by atoms with van der Waals surface area (Å²) in [5, 5.41) is 4.94. The van der Waals surface area contributed by atoms with Crippen LogP contribution in [0, 0.1) is 0 Å². The molecule has 0 spiro atoms. The summed E-state index contributed by atoms with van der Waals surface area (Å²) in [6.45, 7) is 3.14. The zero-order chi connectivity index (χ0) is 17.9. The first kappa shape index (κ1) is 19.5. The molecule has 25 heavy (non-hydrogen) atoms. The second kappa shape index (κ2) is 10.9. The number of thiophene rings is 1. The molecule has 134 valence electrons. The van der Waals surface area contributed by atoms with Gasteiger partial charge >= 0.3 is 0 Å². The lowest BCUT2D eigenvalue weighted by Crippen LogP contribution is -2.26. The first-order valence-corrected chi connectivity index (χ1v) is 10.4. The van der Waals surface area contributed by atoms with Crippen LogP contribution in [-0.4, -0.2) is 30.6 Å². The normalized spacial score (nSPS) is 10.4. The van der Waals surface area contributed by atoms with Crippen molar-refractivity contribution in [2.24, 2.45) is 0 Å². The van der Waals surface area contributed by atoms with Gasteiger partial charge in [-0.05, 0) is 42.6 Å². The van der Waals surface area contributed by atoms with Crippen molar-refractivity contribution in [2.75, 3.05) is 18.9 Å². The molecule has 4 nitrogen and oxygen atoms in total. The lowest BCUT2D eigenvalue weighted by atomic mass is 10.1. The van der Waals surface area contributed by atoms with E-state index in [9.17, 15) is 9.59 Å². The molecule has 1 amide bonds. The molecular weight excluding hydrogens is 354 g/mol. The number of thioether (sulfide) groups is 1. The Hall–Kier alpha value is -1.79. The molecule has 0 aliphatic carbocycles. The third kappa shape index (κ3) is 7.32. The zero-order valence-electron chi connectivity index (χ0n) is 14.3. The van der Waals surface area contributed by atoms with Crippen LogP contribution in [0.25, 0.3) is 0 Å². The Kier molecular flexibility index (Phi) is 8.55. The molecule has 0 fully saturated rings. The van der Waals surface area contributed by atoms with Crippen LogP contribution in [-0.2, 0) is 10.5 Å². The summed E-state index contributed by atoms with van der Waals surface area (Å²) in [6, 6.07) is 11.2. The van der Waals surface area contributed by atoms with E-state index in [4.69, 9.17) is 4.74 Å². The van der Waals surface area contributed by atoms with Gasteiger partial charge in [0.2, 0.25) is 5.91 Å². The highest BCUT2D eigenvalue weighted by atomic mass is 32.2. The van der Waals surface area contributed by atoms with Crippen molar-refractivity contribution in [1.29, 1.82) is 0 Å². The van der Waals surface area contributed by atoms with Gasteiger partial charge in [-0.3, -0.25) is 9.59 Å². The summed E-state index contributed by atoms with van der Waals surface area (Å²) >= 11 is 3.54. The first-order chi connectivity index (χ1) is 12.2. The second-order valence-corrected chi connectivity index (χ2v) is 7.50. The van der Waals surface area contributed by atoms with Crippen molar-refractivity contribution in [1.82, 2.24) is 5.32 Å². The molecule has 2 rings (SSSR count). The van der Waals surface area contributed by atoms with Crippen molar-refractivity contribution >= 4 is 34.8 Å². The summed E-state index contributed by atoms with van der Waals surface area (Å²) in [7, 11) is 0. The highest BCUT2D eigenvalue weighted by molar-refractivity contribution is 7.98. The van der Waals surface area contributed by atoms with E-state index < -0.39 is 0 Å². The number of ether oxygens (including phenoxy) is 1. The number of carbonyl (C=O) groups excluding carboxylic acids is 2. The fourth-order valence-electron chi connectivity index (χ4n) is 2.19. The van der Waals surface area contributed by atoms with Crippen LogP contribution in [0.2, 0.25) is 0 Å². The molecule has 0 atom stereocenters. The van der Waals surface area contributed by atoms with Crippen molar-refractivity contribution in [3.8, 4) is 5.75 Å². The molecule has 0 aliphatic rings. The first-order valence-electron chi connectivity index (χ1n) is 8.32. The number of ketones is 1. The fourth-order valence-corrected chi connectivity index (χ4v) is 3.89. The zero-order valence-corrected chi connectivity index (χ0v) is 16.0. The third-order valence-electron chi connectivity index (χ3n) is 3.46. The SMILES string of the molecule is CCOc1ccc(C(=O)CCC(=O)NCCSCc2cccs2)cc1. The molecule has 1 N–H and O–H groups in total. The minimum Gasteiger partial charge on any atom is -0.494 e. The Labute approximate surface area is 157 Å². The number of Topliss-reactive ketones (excluding diaryl/α,β-unsaturated/α-hetero) is 1. The maximum atomic E-state index is 12.1. The van der Waals surface area contributed by atoms with Gasteiger partial charge in [0.15, 0.2) is 5.78 Å². The number of hydrogen-bond acceptors (Lipinski definition) is 5. The van der Waals surface area contributed by atoms with Gasteiger partial charge in [0.05, 0.1) is 6.61 Å². The molecule has 1 heterocycles. The van der Waals surface area contributed by atoms with Crippen LogP contribution in [0.1, 0.15) is 35.0 Å². The molecule has 1 aromatic heterocycles. The summed E-state index contributed by atoms with van der Waals surface area (Å²) < 4.78 is 5.35. The van der Waals surface area contributed by atoms with Crippen molar-refractivity contribution < 1.29 is 14.3 Å². The van der Waals surface area contributed by atoms with Gasteiger partial charge in [-0.25, -0.2) is 0 Å².